The number of nitro groups is 1. The Hall–Kier alpha value is -1.37. The minimum atomic E-state index is -0.911. The van der Waals surface area contributed by atoms with E-state index in [1.165, 1.54) is 24.3 Å². The van der Waals surface area contributed by atoms with Gasteiger partial charge in [-0.1, -0.05) is 0 Å². The van der Waals surface area contributed by atoms with Gasteiger partial charge in [0.1, 0.15) is 0 Å². The van der Waals surface area contributed by atoms with E-state index in [-0.39, 0.29) is 5.69 Å². The Kier molecular flexibility index (Phi) is 3.84. The van der Waals surface area contributed by atoms with Crippen molar-refractivity contribution in [3.05, 3.63) is 39.9 Å². The second kappa shape index (κ2) is 4.92. The SMILES string of the molecule is O=C(O)C([CH2][Ge])c1ccc([N+](=O)[O-])cc1. The van der Waals surface area contributed by atoms with Crippen molar-refractivity contribution in [2.24, 2.45) is 0 Å². The molecular formula is C9H8GeNO4. The van der Waals surface area contributed by atoms with Crippen molar-refractivity contribution in [2.45, 2.75) is 11.2 Å². The molecule has 3 radical (unpaired) electrons. The van der Waals surface area contributed by atoms with E-state index in [4.69, 9.17) is 5.11 Å². The molecule has 1 rings (SSSR count). The van der Waals surface area contributed by atoms with Crippen LogP contribution in [0.1, 0.15) is 11.5 Å². The number of carboxylic acids is 1. The van der Waals surface area contributed by atoms with Crippen molar-refractivity contribution in [3.63, 3.8) is 0 Å². The number of rotatable bonds is 4. The molecule has 15 heavy (non-hydrogen) atoms. The number of carboxylic acid groups (broad SMARTS) is 1. The zero-order valence-corrected chi connectivity index (χ0v) is 9.81. The number of non-ortho nitro benzene ring substituents is 1. The molecule has 1 N–H and O–H groups in total. The molecule has 1 aromatic carbocycles. The first-order chi connectivity index (χ1) is 7.06. The van der Waals surface area contributed by atoms with Crippen LogP contribution >= 0.6 is 0 Å². The molecule has 0 bridgehead atoms. The fraction of sp³-hybridized carbons (Fsp3) is 0.222. The van der Waals surface area contributed by atoms with Gasteiger partial charge < -0.3 is 0 Å². The monoisotopic (exact) mass is 268 g/mol. The van der Waals surface area contributed by atoms with E-state index in [1.54, 1.807) is 16.5 Å². The van der Waals surface area contributed by atoms with Crippen molar-refractivity contribution in [1.29, 1.82) is 0 Å². The van der Waals surface area contributed by atoms with Gasteiger partial charge in [-0.15, -0.1) is 0 Å². The minimum absolute atomic E-state index is 0.0287. The van der Waals surface area contributed by atoms with Crippen LogP contribution in [0.2, 0.25) is 5.25 Å². The quantitative estimate of drug-likeness (QED) is 0.507. The molecule has 0 aliphatic rings. The summed E-state index contributed by atoms with van der Waals surface area (Å²) in [6.45, 7) is 0. The van der Waals surface area contributed by atoms with Crippen LogP contribution in [0, 0.1) is 10.1 Å². The summed E-state index contributed by atoms with van der Waals surface area (Å²) in [6.07, 6.45) is 0. The Balaban J connectivity index is 2.97. The van der Waals surface area contributed by atoms with E-state index in [0.29, 0.717) is 10.8 Å². The topological polar surface area (TPSA) is 80.4 Å². The van der Waals surface area contributed by atoms with Gasteiger partial charge in [0.15, 0.2) is 0 Å². The van der Waals surface area contributed by atoms with Gasteiger partial charge in [-0.05, 0) is 0 Å². The summed E-state index contributed by atoms with van der Waals surface area (Å²) in [7, 11) is 0. The van der Waals surface area contributed by atoms with Gasteiger partial charge in [-0.25, -0.2) is 0 Å². The molecular weight excluding hydrogens is 259 g/mol. The average molecular weight is 267 g/mol. The molecule has 0 fully saturated rings. The molecule has 0 aliphatic heterocycles. The second-order valence-corrected chi connectivity index (χ2v) is 3.80. The predicted molar refractivity (Wildman–Crippen MR) is 54.0 cm³/mol. The second-order valence-electron chi connectivity index (χ2n) is 2.94. The van der Waals surface area contributed by atoms with Crippen molar-refractivity contribution in [3.8, 4) is 0 Å². The Morgan fingerprint density at radius 1 is 1.47 bits per heavy atom. The van der Waals surface area contributed by atoms with Crippen LogP contribution in [-0.2, 0) is 4.79 Å². The van der Waals surface area contributed by atoms with Crippen LogP contribution in [0.25, 0.3) is 0 Å². The number of aliphatic carboxylic acids is 1. The van der Waals surface area contributed by atoms with Crippen molar-refractivity contribution in [2.75, 3.05) is 0 Å². The van der Waals surface area contributed by atoms with E-state index in [9.17, 15) is 14.9 Å². The van der Waals surface area contributed by atoms with Crippen molar-refractivity contribution < 1.29 is 14.8 Å². The van der Waals surface area contributed by atoms with Crippen LogP contribution in [0.3, 0.4) is 0 Å². The Morgan fingerprint density at radius 2 is 2.00 bits per heavy atom. The third kappa shape index (κ3) is 2.79. The normalized spacial score (nSPS) is 12.1. The fourth-order valence-electron chi connectivity index (χ4n) is 1.18. The van der Waals surface area contributed by atoms with Gasteiger partial charge in [0, 0.05) is 0 Å². The Labute approximate surface area is 94.5 Å². The summed E-state index contributed by atoms with van der Waals surface area (Å²) in [5.41, 5.74) is 0.564. The summed E-state index contributed by atoms with van der Waals surface area (Å²) in [5, 5.41) is 19.7. The molecule has 77 valence electrons. The van der Waals surface area contributed by atoms with Gasteiger partial charge in [0.25, 0.3) is 0 Å². The van der Waals surface area contributed by atoms with Crippen LogP contribution in [0.4, 0.5) is 5.69 Å². The van der Waals surface area contributed by atoms with Gasteiger partial charge in [0.2, 0.25) is 0 Å². The fourth-order valence-corrected chi connectivity index (χ4v) is 2.04. The van der Waals surface area contributed by atoms with Gasteiger partial charge >= 0.3 is 94.1 Å². The maximum atomic E-state index is 10.8. The van der Waals surface area contributed by atoms with E-state index in [1.807, 2.05) is 0 Å². The Morgan fingerprint density at radius 3 is 2.33 bits per heavy atom. The van der Waals surface area contributed by atoms with E-state index >= 15 is 0 Å². The number of nitro benzene ring substituents is 1. The van der Waals surface area contributed by atoms with Crippen LogP contribution in [-0.4, -0.2) is 32.5 Å². The molecule has 1 aromatic rings. The predicted octanol–water partition coefficient (Wildman–Crippen LogP) is 1.35. The average Bonchev–Trinajstić information content (AvgIpc) is 2.19. The van der Waals surface area contributed by atoms with Crippen molar-refractivity contribution in [1.82, 2.24) is 0 Å². The third-order valence-corrected chi connectivity index (χ3v) is 2.87. The summed E-state index contributed by atoms with van der Waals surface area (Å²) >= 11 is 1.76. The van der Waals surface area contributed by atoms with Crippen LogP contribution in [0.5, 0.6) is 0 Å². The molecule has 0 heterocycles. The molecule has 0 aromatic heterocycles. The van der Waals surface area contributed by atoms with Crippen molar-refractivity contribution >= 4 is 28.2 Å². The van der Waals surface area contributed by atoms with Gasteiger partial charge in [-0.2, -0.15) is 0 Å². The molecule has 0 aliphatic carbocycles. The first-order valence-electron chi connectivity index (χ1n) is 4.18. The van der Waals surface area contributed by atoms with E-state index in [2.05, 4.69) is 0 Å². The standard InChI is InChI=1S/C9H8GeNO4/c10-5-8(9(12)13)6-1-3-7(4-2-6)11(14)15/h1-4,8H,5H2,(H,12,13). The zero-order chi connectivity index (χ0) is 11.4. The summed E-state index contributed by atoms with van der Waals surface area (Å²) in [4.78, 5) is 20.7. The summed E-state index contributed by atoms with van der Waals surface area (Å²) < 4.78 is 0. The number of hydrogen-bond acceptors (Lipinski definition) is 3. The zero-order valence-electron chi connectivity index (χ0n) is 7.71. The van der Waals surface area contributed by atoms with Gasteiger partial charge in [-0.3, -0.25) is 0 Å². The van der Waals surface area contributed by atoms with E-state index < -0.39 is 16.8 Å². The number of nitrogens with zero attached hydrogens (tertiary/aromatic N) is 1. The molecule has 1 unspecified atom stereocenters. The first kappa shape index (κ1) is 11.7. The Bertz CT molecular complexity index is 376. The molecule has 0 amide bonds. The van der Waals surface area contributed by atoms with Crippen LogP contribution in [0.15, 0.2) is 24.3 Å². The maximum absolute atomic E-state index is 10.8. The molecule has 6 heteroatoms. The number of benzene rings is 1. The summed E-state index contributed by atoms with van der Waals surface area (Å²) in [6, 6.07) is 5.61. The van der Waals surface area contributed by atoms with Gasteiger partial charge in [0.05, 0.1) is 0 Å². The van der Waals surface area contributed by atoms with E-state index in [0.717, 1.165) is 0 Å². The third-order valence-electron chi connectivity index (χ3n) is 2.01. The molecule has 0 spiro atoms. The first-order valence-corrected chi connectivity index (χ1v) is 5.66. The number of hydrogen-bond donors (Lipinski definition) is 1. The molecule has 0 saturated carbocycles. The summed E-state index contributed by atoms with van der Waals surface area (Å²) in [5.74, 6) is -1.50. The van der Waals surface area contributed by atoms with Crippen LogP contribution < -0.4 is 0 Å². The number of carbonyl (C=O) groups is 1. The molecule has 5 nitrogen and oxygen atoms in total. The molecule has 0 saturated heterocycles. The molecule has 1 atom stereocenters.